The van der Waals surface area contributed by atoms with E-state index in [1.807, 2.05) is 3.21 Å². The van der Waals surface area contributed by atoms with Gasteiger partial charge in [-0.2, -0.15) is 0 Å². The van der Waals surface area contributed by atoms with Crippen LogP contribution in [0.15, 0.2) is 64.0 Å². The van der Waals surface area contributed by atoms with Crippen LogP contribution in [0.4, 0.5) is 0 Å². The number of hydrogen-bond donors (Lipinski definition) is 0. The van der Waals surface area contributed by atoms with Gasteiger partial charge in [-0.25, -0.2) is 0 Å². The number of allylic oxidation sites excluding steroid dienone is 4. The zero-order valence-electron chi connectivity index (χ0n) is 17.8. The first kappa shape index (κ1) is 20.0. The molecule has 0 saturated heterocycles. The van der Waals surface area contributed by atoms with Crippen LogP contribution in [0.1, 0.15) is 58.1 Å². The molecule has 4 rings (SSSR count). The molecule has 0 saturated carbocycles. The molecule has 2 aromatic carbocycles. The maximum absolute atomic E-state index is 2.50. The average Bonchev–Trinajstić information content (AvgIpc) is 3.29. The second kappa shape index (κ2) is 8.58. The molecular weight excluding hydrogens is 416 g/mol. The summed E-state index contributed by atoms with van der Waals surface area (Å²) in [5, 5.41) is 0. The normalized spacial score (nSPS) is 14.4. The van der Waals surface area contributed by atoms with Gasteiger partial charge >= 0.3 is 179 Å². The van der Waals surface area contributed by atoms with Crippen LogP contribution in [-0.4, -0.2) is 3.21 Å². The molecule has 2 aromatic rings. The van der Waals surface area contributed by atoms with Gasteiger partial charge in [0.15, 0.2) is 0 Å². The fourth-order valence-corrected chi connectivity index (χ4v) is 14.2. The van der Waals surface area contributed by atoms with E-state index >= 15 is 0 Å². The van der Waals surface area contributed by atoms with Gasteiger partial charge in [0.25, 0.3) is 0 Å². The fraction of sp³-hybridized carbons (Fsp3) is 0.370. The van der Waals surface area contributed by atoms with Crippen molar-refractivity contribution < 1.29 is 21.3 Å². The van der Waals surface area contributed by atoms with E-state index in [2.05, 4.69) is 88.4 Å². The number of rotatable bonds is 6. The van der Waals surface area contributed by atoms with Gasteiger partial charge in [0.1, 0.15) is 0 Å². The molecule has 0 aliphatic heterocycles. The van der Waals surface area contributed by atoms with E-state index < -0.39 is 21.3 Å². The second-order valence-electron chi connectivity index (χ2n) is 9.16. The van der Waals surface area contributed by atoms with Gasteiger partial charge in [-0.3, -0.25) is 0 Å². The molecule has 2 aliphatic carbocycles. The standard InChI is InChI=1S/C13H9.C9H18.C5H5.Zr/c1-3-7-12-10(5-1)9-11-6-2-4-8-13(11)12;1-8(2)6-5-7-9(3)4;1-2-4-5-3-1;/h1-5,7-8H,9H2;8-9H,6-7H2,1-4H3;1-3H,4H2;. The quantitative estimate of drug-likeness (QED) is 0.399. The molecule has 0 aromatic heterocycles. The average molecular weight is 448 g/mol. The van der Waals surface area contributed by atoms with Crippen molar-refractivity contribution in [2.75, 3.05) is 0 Å². The van der Waals surface area contributed by atoms with Crippen LogP contribution in [0.5, 0.6) is 0 Å². The molecule has 144 valence electrons. The minimum atomic E-state index is -2.08. The summed E-state index contributed by atoms with van der Waals surface area (Å²) in [6.07, 6.45) is 12.1. The van der Waals surface area contributed by atoms with E-state index in [0.29, 0.717) is 0 Å². The third kappa shape index (κ3) is 4.02. The van der Waals surface area contributed by atoms with E-state index in [4.69, 9.17) is 0 Å². The Kier molecular flexibility index (Phi) is 6.12. The number of hydrogen-bond acceptors (Lipinski definition) is 0. The van der Waals surface area contributed by atoms with E-state index in [-0.39, 0.29) is 0 Å². The van der Waals surface area contributed by atoms with Crippen LogP contribution < -0.4 is 3.27 Å². The second-order valence-corrected chi connectivity index (χ2v) is 15.6. The van der Waals surface area contributed by atoms with Crippen LogP contribution in [0.3, 0.4) is 0 Å². The summed E-state index contributed by atoms with van der Waals surface area (Å²) in [6.45, 7) is 9.59. The van der Waals surface area contributed by atoms with Gasteiger partial charge in [-0.1, -0.05) is 0 Å². The van der Waals surface area contributed by atoms with Crippen molar-refractivity contribution >= 4 is 6.48 Å². The Balaban J connectivity index is 1.91. The van der Waals surface area contributed by atoms with Crippen molar-refractivity contribution in [2.24, 2.45) is 11.8 Å². The zero-order chi connectivity index (χ0) is 19.7. The van der Waals surface area contributed by atoms with Gasteiger partial charge in [-0.05, 0) is 0 Å². The summed E-state index contributed by atoms with van der Waals surface area (Å²) in [4.78, 5) is 0. The van der Waals surface area contributed by atoms with Gasteiger partial charge in [0.05, 0.1) is 0 Å². The van der Waals surface area contributed by atoms with Gasteiger partial charge in [0.2, 0.25) is 0 Å². The van der Waals surface area contributed by atoms with Crippen LogP contribution in [-0.2, 0) is 27.7 Å². The molecule has 0 atom stereocenters. The topological polar surface area (TPSA) is 0 Å². The molecule has 0 unspecified atom stereocenters. The third-order valence-corrected chi connectivity index (χ3v) is 13.6. The van der Waals surface area contributed by atoms with Crippen molar-refractivity contribution in [1.29, 1.82) is 0 Å². The molecule has 1 heteroatoms. The van der Waals surface area contributed by atoms with Crippen LogP contribution in [0, 0.1) is 11.8 Å². The minimum absolute atomic E-state index is 0.744. The number of benzene rings is 2. The van der Waals surface area contributed by atoms with Gasteiger partial charge < -0.3 is 0 Å². The first-order valence-corrected chi connectivity index (χ1v) is 14.5. The number of fused-ring (bicyclic) bond motifs is 3. The van der Waals surface area contributed by atoms with Crippen LogP contribution >= 0.6 is 0 Å². The van der Waals surface area contributed by atoms with Crippen molar-refractivity contribution in [2.45, 2.75) is 53.4 Å². The monoisotopic (exact) mass is 446 g/mol. The Morgan fingerprint density at radius 2 is 1.61 bits per heavy atom. The molecule has 0 radical (unpaired) electrons. The Labute approximate surface area is 178 Å². The van der Waals surface area contributed by atoms with Crippen LogP contribution in [0.25, 0.3) is 11.1 Å². The summed E-state index contributed by atoms with van der Waals surface area (Å²) in [7, 11) is 0. The molecule has 0 fully saturated rings. The maximum atomic E-state index is 2.50. The predicted octanol–water partition coefficient (Wildman–Crippen LogP) is 6.61. The fourth-order valence-electron chi connectivity index (χ4n) is 4.89. The molecule has 0 amide bonds. The Hall–Kier alpha value is -1.33. The molecule has 0 bridgehead atoms. The summed E-state index contributed by atoms with van der Waals surface area (Å²) in [5.41, 5.74) is 6.14. The van der Waals surface area contributed by atoms with Crippen molar-refractivity contribution in [3.8, 4) is 11.1 Å². The van der Waals surface area contributed by atoms with Crippen LogP contribution in [0.2, 0.25) is 0 Å². The van der Waals surface area contributed by atoms with Gasteiger partial charge in [0, 0.05) is 0 Å². The van der Waals surface area contributed by atoms with E-state index in [0.717, 1.165) is 18.3 Å². The van der Waals surface area contributed by atoms with E-state index in [9.17, 15) is 0 Å². The SMILES string of the molecule is CC(C)C[C](CC(C)C)=[Zr]([C]1=CC=CC1)[c]1cccc2c1Cc1ccccc1-2. The van der Waals surface area contributed by atoms with Crippen molar-refractivity contribution in [3.63, 3.8) is 0 Å². The first-order valence-electron chi connectivity index (χ1n) is 10.8. The molecule has 0 spiro atoms. The molecular formula is C27H32Zr. The molecule has 0 N–H and O–H groups in total. The summed E-state index contributed by atoms with van der Waals surface area (Å²) >= 11 is -2.08. The Morgan fingerprint density at radius 1 is 0.893 bits per heavy atom. The molecule has 2 aliphatic rings. The summed E-state index contributed by atoms with van der Waals surface area (Å²) < 4.78 is 5.46. The summed E-state index contributed by atoms with van der Waals surface area (Å²) in [6, 6.07) is 16.2. The van der Waals surface area contributed by atoms with Gasteiger partial charge in [-0.15, -0.1) is 0 Å². The molecule has 0 heterocycles. The first-order chi connectivity index (χ1) is 13.5. The Morgan fingerprint density at radius 3 is 2.29 bits per heavy atom. The molecule has 28 heavy (non-hydrogen) atoms. The van der Waals surface area contributed by atoms with Crippen molar-refractivity contribution in [3.05, 3.63) is 75.1 Å². The predicted molar refractivity (Wildman–Crippen MR) is 120 cm³/mol. The van der Waals surface area contributed by atoms with Crippen molar-refractivity contribution in [1.82, 2.24) is 0 Å². The third-order valence-electron chi connectivity index (χ3n) is 5.88. The molecule has 0 nitrogen and oxygen atoms in total. The Bertz CT molecular complexity index is 958. The zero-order valence-corrected chi connectivity index (χ0v) is 20.2. The summed E-state index contributed by atoms with van der Waals surface area (Å²) in [5.74, 6) is 1.49. The van der Waals surface area contributed by atoms with E-state index in [1.165, 1.54) is 36.0 Å². The van der Waals surface area contributed by atoms with E-state index in [1.54, 1.807) is 12.1 Å².